The van der Waals surface area contributed by atoms with Crippen LogP contribution in [0.4, 0.5) is 18.9 Å². The molecule has 2 aromatic carbocycles. The smallest absolute Gasteiger partial charge is 0.416 e. The van der Waals surface area contributed by atoms with E-state index in [0.717, 1.165) is 23.4 Å². The van der Waals surface area contributed by atoms with Crippen molar-refractivity contribution >= 4 is 11.6 Å². The predicted molar refractivity (Wildman–Crippen MR) is 94.3 cm³/mol. The fraction of sp³-hybridized carbons (Fsp3) is 0.316. The molecule has 0 radical (unpaired) electrons. The fourth-order valence-electron chi connectivity index (χ4n) is 2.39. The van der Waals surface area contributed by atoms with Crippen LogP contribution in [-0.4, -0.2) is 26.1 Å². The third-order valence-electron chi connectivity index (χ3n) is 3.74. The average molecular weight is 366 g/mol. The molecule has 0 saturated heterocycles. The molecule has 0 aliphatic rings. The molecule has 0 aromatic heterocycles. The highest BCUT2D eigenvalue weighted by atomic mass is 19.4. The van der Waals surface area contributed by atoms with Crippen molar-refractivity contribution in [2.75, 3.05) is 25.5 Å². The third-order valence-corrected chi connectivity index (χ3v) is 3.74. The lowest BCUT2D eigenvalue weighted by Crippen LogP contribution is -2.27. The number of anilines is 1. The molecule has 2 aromatic rings. The number of methoxy groups -OCH3 is 1. The van der Waals surface area contributed by atoms with Crippen LogP contribution in [0.2, 0.25) is 0 Å². The van der Waals surface area contributed by atoms with E-state index >= 15 is 0 Å². The Hall–Kier alpha value is -2.70. The highest BCUT2D eigenvalue weighted by molar-refractivity contribution is 5.76. The summed E-state index contributed by atoms with van der Waals surface area (Å²) in [6, 6.07) is 12.5. The van der Waals surface area contributed by atoms with Gasteiger partial charge in [0, 0.05) is 25.2 Å². The molecule has 0 unspecified atom stereocenters. The zero-order valence-electron chi connectivity index (χ0n) is 14.4. The molecule has 4 nitrogen and oxygen atoms in total. The molecule has 0 bridgehead atoms. The summed E-state index contributed by atoms with van der Waals surface area (Å²) in [5.41, 5.74) is 0.668. The first kappa shape index (κ1) is 19.6. The van der Waals surface area contributed by atoms with Gasteiger partial charge in [-0.3, -0.25) is 4.79 Å². The summed E-state index contributed by atoms with van der Waals surface area (Å²) in [6.07, 6.45) is -3.53. The number of rotatable bonds is 8. The topological polar surface area (TPSA) is 50.4 Å². The first-order valence-electron chi connectivity index (χ1n) is 8.19. The van der Waals surface area contributed by atoms with E-state index < -0.39 is 11.7 Å². The summed E-state index contributed by atoms with van der Waals surface area (Å²) >= 11 is 0. The van der Waals surface area contributed by atoms with Crippen molar-refractivity contribution in [1.82, 2.24) is 5.32 Å². The highest BCUT2D eigenvalue weighted by Crippen LogP contribution is 2.30. The van der Waals surface area contributed by atoms with Crippen LogP contribution in [0.1, 0.15) is 17.5 Å². The molecular formula is C19H21F3N2O2. The van der Waals surface area contributed by atoms with Crippen molar-refractivity contribution in [3.63, 3.8) is 0 Å². The third kappa shape index (κ3) is 6.31. The van der Waals surface area contributed by atoms with E-state index in [1.54, 1.807) is 7.11 Å². The molecule has 0 fully saturated rings. The molecule has 7 heteroatoms. The Morgan fingerprint density at radius 2 is 1.85 bits per heavy atom. The standard InChI is InChI=1S/C19H21F3N2O2/c1-26-17-7-2-4-14(12-17)8-10-24-18(25)9-11-23-16-6-3-5-15(13-16)19(20,21)22/h2-7,12-13,23H,8-11H2,1H3,(H,24,25). The Labute approximate surface area is 150 Å². The van der Waals surface area contributed by atoms with Crippen LogP contribution in [0, 0.1) is 0 Å². The maximum Gasteiger partial charge on any atom is 0.416 e. The van der Waals surface area contributed by atoms with Gasteiger partial charge in [-0.2, -0.15) is 13.2 Å². The predicted octanol–water partition coefficient (Wildman–Crippen LogP) is 3.87. The number of halogens is 3. The van der Waals surface area contributed by atoms with Gasteiger partial charge in [-0.25, -0.2) is 0 Å². The van der Waals surface area contributed by atoms with Gasteiger partial charge in [0.1, 0.15) is 5.75 Å². The summed E-state index contributed by atoms with van der Waals surface area (Å²) in [4.78, 5) is 11.8. The minimum absolute atomic E-state index is 0.160. The molecule has 0 atom stereocenters. The lowest BCUT2D eigenvalue weighted by Gasteiger charge is -2.11. The van der Waals surface area contributed by atoms with Gasteiger partial charge in [0.05, 0.1) is 12.7 Å². The van der Waals surface area contributed by atoms with Crippen molar-refractivity contribution in [3.8, 4) is 5.75 Å². The molecule has 0 spiro atoms. The van der Waals surface area contributed by atoms with Crippen LogP contribution in [0.5, 0.6) is 5.75 Å². The molecule has 1 amide bonds. The lowest BCUT2D eigenvalue weighted by atomic mass is 10.1. The van der Waals surface area contributed by atoms with E-state index in [0.29, 0.717) is 18.7 Å². The Kier molecular flexibility index (Phi) is 6.89. The van der Waals surface area contributed by atoms with Crippen LogP contribution in [0.3, 0.4) is 0 Å². The first-order valence-corrected chi connectivity index (χ1v) is 8.19. The van der Waals surface area contributed by atoms with Gasteiger partial charge in [-0.1, -0.05) is 18.2 Å². The number of amides is 1. The van der Waals surface area contributed by atoms with Gasteiger partial charge in [0.15, 0.2) is 0 Å². The van der Waals surface area contributed by atoms with Crippen LogP contribution < -0.4 is 15.4 Å². The minimum Gasteiger partial charge on any atom is -0.497 e. The van der Waals surface area contributed by atoms with E-state index in [-0.39, 0.29) is 18.9 Å². The van der Waals surface area contributed by atoms with E-state index in [4.69, 9.17) is 4.74 Å². The molecule has 140 valence electrons. The molecule has 0 aliphatic carbocycles. The van der Waals surface area contributed by atoms with Gasteiger partial charge in [-0.05, 0) is 42.3 Å². The summed E-state index contributed by atoms with van der Waals surface area (Å²) < 4.78 is 43.1. The number of alkyl halides is 3. The fourth-order valence-corrected chi connectivity index (χ4v) is 2.39. The zero-order valence-corrected chi connectivity index (χ0v) is 14.4. The minimum atomic E-state index is -4.38. The van der Waals surface area contributed by atoms with Crippen LogP contribution in [0.25, 0.3) is 0 Å². The van der Waals surface area contributed by atoms with Crippen molar-refractivity contribution < 1.29 is 22.7 Å². The quantitative estimate of drug-likeness (QED) is 0.746. The number of carbonyl (C=O) groups is 1. The summed E-state index contributed by atoms with van der Waals surface area (Å²) in [7, 11) is 1.60. The van der Waals surface area contributed by atoms with Crippen molar-refractivity contribution in [1.29, 1.82) is 0 Å². The Bertz CT molecular complexity index is 733. The molecular weight excluding hydrogens is 345 g/mol. The second-order valence-corrected chi connectivity index (χ2v) is 5.71. The van der Waals surface area contributed by atoms with Gasteiger partial charge < -0.3 is 15.4 Å². The summed E-state index contributed by atoms with van der Waals surface area (Å²) in [5, 5.41) is 5.62. The monoisotopic (exact) mass is 366 g/mol. The molecule has 26 heavy (non-hydrogen) atoms. The molecule has 2 N–H and O–H groups in total. The summed E-state index contributed by atoms with van der Waals surface area (Å²) in [6.45, 7) is 0.738. The van der Waals surface area contributed by atoms with Gasteiger partial charge in [-0.15, -0.1) is 0 Å². The average Bonchev–Trinajstić information content (AvgIpc) is 2.61. The highest BCUT2D eigenvalue weighted by Gasteiger charge is 2.30. The lowest BCUT2D eigenvalue weighted by molar-refractivity contribution is -0.137. The maximum absolute atomic E-state index is 12.6. The number of benzene rings is 2. The molecule has 0 saturated carbocycles. The van der Waals surface area contributed by atoms with E-state index in [2.05, 4.69) is 10.6 Å². The zero-order chi connectivity index (χ0) is 19.0. The first-order chi connectivity index (χ1) is 12.4. The maximum atomic E-state index is 12.6. The van der Waals surface area contributed by atoms with Crippen LogP contribution >= 0.6 is 0 Å². The molecule has 0 aliphatic heterocycles. The number of carbonyl (C=O) groups excluding carboxylic acids is 1. The largest absolute Gasteiger partial charge is 0.497 e. The number of hydrogen-bond donors (Lipinski definition) is 2. The Morgan fingerprint density at radius 3 is 2.58 bits per heavy atom. The Balaban J connectivity index is 1.70. The van der Waals surface area contributed by atoms with Gasteiger partial charge in [0.25, 0.3) is 0 Å². The van der Waals surface area contributed by atoms with E-state index in [1.807, 2.05) is 24.3 Å². The number of ether oxygens (including phenoxy) is 1. The second kappa shape index (κ2) is 9.12. The summed E-state index contributed by atoms with van der Waals surface area (Å²) in [5.74, 6) is 0.603. The van der Waals surface area contributed by atoms with Gasteiger partial charge >= 0.3 is 6.18 Å². The normalized spacial score (nSPS) is 11.1. The molecule has 2 rings (SSSR count). The van der Waals surface area contributed by atoms with Gasteiger partial charge in [0.2, 0.25) is 5.91 Å². The van der Waals surface area contributed by atoms with Crippen LogP contribution in [0.15, 0.2) is 48.5 Å². The van der Waals surface area contributed by atoms with E-state index in [9.17, 15) is 18.0 Å². The van der Waals surface area contributed by atoms with Crippen molar-refractivity contribution in [2.24, 2.45) is 0 Å². The van der Waals surface area contributed by atoms with E-state index in [1.165, 1.54) is 12.1 Å². The number of hydrogen-bond acceptors (Lipinski definition) is 3. The van der Waals surface area contributed by atoms with Crippen molar-refractivity contribution in [2.45, 2.75) is 19.0 Å². The molecule has 0 heterocycles. The second-order valence-electron chi connectivity index (χ2n) is 5.71. The number of nitrogens with one attached hydrogen (secondary N) is 2. The SMILES string of the molecule is COc1cccc(CCNC(=O)CCNc2cccc(C(F)(F)F)c2)c1. The Morgan fingerprint density at radius 1 is 1.08 bits per heavy atom. The van der Waals surface area contributed by atoms with Crippen molar-refractivity contribution in [3.05, 3.63) is 59.7 Å². The van der Waals surface area contributed by atoms with Crippen LogP contribution in [-0.2, 0) is 17.4 Å².